The zero-order valence-corrected chi connectivity index (χ0v) is 10.7. The summed E-state index contributed by atoms with van der Waals surface area (Å²) in [5.74, 6) is -0.715. The van der Waals surface area contributed by atoms with Gasteiger partial charge in [-0.25, -0.2) is 0 Å². The SMILES string of the molecule is O=C(NCc1ccc(CO)cc1)c1cc(O)cc(O)c1. The number of aliphatic hydroxyl groups excluding tert-OH is 1. The Labute approximate surface area is 116 Å². The van der Waals surface area contributed by atoms with Crippen molar-refractivity contribution in [3.8, 4) is 11.5 Å². The number of carbonyl (C=O) groups excluding carboxylic acids is 1. The van der Waals surface area contributed by atoms with E-state index in [4.69, 9.17) is 5.11 Å². The van der Waals surface area contributed by atoms with Crippen LogP contribution in [0.4, 0.5) is 0 Å². The molecule has 2 aromatic rings. The van der Waals surface area contributed by atoms with Crippen molar-refractivity contribution in [2.45, 2.75) is 13.2 Å². The Morgan fingerprint density at radius 2 is 1.50 bits per heavy atom. The van der Waals surface area contributed by atoms with Gasteiger partial charge in [0, 0.05) is 18.2 Å². The molecule has 1 amide bonds. The van der Waals surface area contributed by atoms with Gasteiger partial charge in [0.2, 0.25) is 0 Å². The molecule has 0 unspecified atom stereocenters. The number of phenols is 2. The molecule has 0 radical (unpaired) electrons. The van der Waals surface area contributed by atoms with Gasteiger partial charge in [0.05, 0.1) is 6.61 Å². The van der Waals surface area contributed by atoms with Gasteiger partial charge in [0.25, 0.3) is 5.91 Å². The summed E-state index contributed by atoms with van der Waals surface area (Å²) in [7, 11) is 0. The highest BCUT2D eigenvalue weighted by molar-refractivity contribution is 5.94. The highest BCUT2D eigenvalue weighted by Gasteiger charge is 2.08. The van der Waals surface area contributed by atoms with E-state index in [1.165, 1.54) is 12.1 Å². The topological polar surface area (TPSA) is 89.8 Å². The molecule has 0 bridgehead atoms. The van der Waals surface area contributed by atoms with Gasteiger partial charge in [0.15, 0.2) is 0 Å². The van der Waals surface area contributed by atoms with Crippen LogP contribution in [0.3, 0.4) is 0 Å². The molecular formula is C15H15NO4. The molecule has 5 heteroatoms. The first-order valence-electron chi connectivity index (χ1n) is 6.08. The van der Waals surface area contributed by atoms with Gasteiger partial charge in [-0.2, -0.15) is 0 Å². The van der Waals surface area contributed by atoms with Gasteiger partial charge in [0.1, 0.15) is 11.5 Å². The second kappa shape index (κ2) is 6.08. The predicted octanol–water partition coefficient (Wildman–Crippen LogP) is 1.52. The summed E-state index contributed by atoms with van der Waals surface area (Å²) in [6.07, 6.45) is 0. The third-order valence-corrected chi connectivity index (χ3v) is 2.82. The van der Waals surface area contributed by atoms with E-state index in [0.29, 0.717) is 6.54 Å². The van der Waals surface area contributed by atoms with E-state index >= 15 is 0 Å². The second-order valence-electron chi connectivity index (χ2n) is 4.40. The van der Waals surface area contributed by atoms with E-state index in [1.54, 1.807) is 12.1 Å². The van der Waals surface area contributed by atoms with Crippen LogP contribution in [0.5, 0.6) is 11.5 Å². The summed E-state index contributed by atoms with van der Waals surface area (Å²) >= 11 is 0. The molecule has 5 nitrogen and oxygen atoms in total. The fourth-order valence-corrected chi connectivity index (χ4v) is 1.77. The zero-order chi connectivity index (χ0) is 14.5. The van der Waals surface area contributed by atoms with Gasteiger partial charge >= 0.3 is 0 Å². The number of carbonyl (C=O) groups is 1. The van der Waals surface area contributed by atoms with Gasteiger partial charge in [-0.05, 0) is 23.3 Å². The number of phenolic OH excluding ortho intramolecular Hbond substituents is 2. The summed E-state index contributed by atoms with van der Waals surface area (Å²) in [5, 5.41) is 30.3. The number of amides is 1. The van der Waals surface area contributed by atoms with E-state index in [-0.39, 0.29) is 29.6 Å². The Morgan fingerprint density at radius 1 is 0.950 bits per heavy atom. The number of aromatic hydroxyl groups is 2. The van der Waals surface area contributed by atoms with Crippen molar-refractivity contribution < 1.29 is 20.1 Å². The molecule has 0 saturated heterocycles. The third-order valence-electron chi connectivity index (χ3n) is 2.82. The van der Waals surface area contributed by atoms with Crippen molar-refractivity contribution in [1.82, 2.24) is 5.32 Å². The van der Waals surface area contributed by atoms with Crippen LogP contribution in [0.25, 0.3) is 0 Å². The molecule has 0 aliphatic carbocycles. The van der Waals surface area contributed by atoms with E-state index in [9.17, 15) is 15.0 Å². The Morgan fingerprint density at radius 3 is 2.05 bits per heavy atom. The number of benzene rings is 2. The lowest BCUT2D eigenvalue weighted by Gasteiger charge is -2.07. The lowest BCUT2D eigenvalue weighted by molar-refractivity contribution is 0.0950. The number of hydrogen-bond acceptors (Lipinski definition) is 4. The molecule has 0 aromatic heterocycles. The highest BCUT2D eigenvalue weighted by Crippen LogP contribution is 2.20. The minimum absolute atomic E-state index is 0.0186. The van der Waals surface area contributed by atoms with Crippen molar-refractivity contribution >= 4 is 5.91 Å². The van der Waals surface area contributed by atoms with Crippen LogP contribution in [-0.2, 0) is 13.2 Å². The predicted molar refractivity (Wildman–Crippen MR) is 73.3 cm³/mol. The third kappa shape index (κ3) is 3.49. The van der Waals surface area contributed by atoms with Gasteiger partial charge in [-0.3, -0.25) is 4.79 Å². The number of nitrogens with one attached hydrogen (secondary N) is 1. The molecule has 0 aliphatic rings. The lowest BCUT2D eigenvalue weighted by atomic mass is 10.1. The van der Waals surface area contributed by atoms with E-state index in [1.807, 2.05) is 12.1 Å². The fraction of sp³-hybridized carbons (Fsp3) is 0.133. The number of rotatable bonds is 4. The molecule has 0 fully saturated rings. The highest BCUT2D eigenvalue weighted by atomic mass is 16.3. The zero-order valence-electron chi connectivity index (χ0n) is 10.7. The molecule has 4 N–H and O–H groups in total. The van der Waals surface area contributed by atoms with E-state index < -0.39 is 0 Å². The van der Waals surface area contributed by atoms with Crippen LogP contribution >= 0.6 is 0 Å². The smallest absolute Gasteiger partial charge is 0.251 e. The number of aliphatic hydroxyl groups is 1. The van der Waals surface area contributed by atoms with Gasteiger partial charge < -0.3 is 20.6 Å². The summed E-state index contributed by atoms with van der Waals surface area (Å²) in [6.45, 7) is 0.302. The minimum atomic E-state index is -0.387. The normalized spacial score (nSPS) is 10.2. The van der Waals surface area contributed by atoms with Crippen molar-refractivity contribution in [2.24, 2.45) is 0 Å². The van der Waals surface area contributed by atoms with Crippen LogP contribution in [-0.4, -0.2) is 21.2 Å². The molecule has 0 aliphatic heterocycles. The summed E-state index contributed by atoms with van der Waals surface area (Å²) in [5.41, 5.74) is 1.88. The molecule has 0 saturated carbocycles. The standard InChI is InChI=1S/C15H15NO4/c17-9-11-3-1-10(2-4-11)8-16-15(20)12-5-13(18)7-14(19)6-12/h1-7,17-19H,8-9H2,(H,16,20). The van der Waals surface area contributed by atoms with Gasteiger partial charge in [-0.1, -0.05) is 24.3 Å². The monoisotopic (exact) mass is 273 g/mol. The fourth-order valence-electron chi connectivity index (χ4n) is 1.77. The first-order valence-corrected chi connectivity index (χ1v) is 6.08. The second-order valence-corrected chi connectivity index (χ2v) is 4.40. The summed E-state index contributed by atoms with van der Waals surface area (Å²) in [6, 6.07) is 10.9. The molecule has 0 spiro atoms. The van der Waals surface area contributed by atoms with E-state index in [0.717, 1.165) is 17.2 Å². The van der Waals surface area contributed by atoms with Crippen molar-refractivity contribution in [3.63, 3.8) is 0 Å². The molecule has 2 aromatic carbocycles. The molecule has 20 heavy (non-hydrogen) atoms. The first kappa shape index (κ1) is 13.9. The summed E-state index contributed by atoms with van der Waals surface area (Å²) in [4.78, 5) is 11.9. The average Bonchev–Trinajstić information content (AvgIpc) is 2.44. The van der Waals surface area contributed by atoms with Gasteiger partial charge in [-0.15, -0.1) is 0 Å². The largest absolute Gasteiger partial charge is 0.508 e. The minimum Gasteiger partial charge on any atom is -0.508 e. The van der Waals surface area contributed by atoms with Crippen LogP contribution in [0.15, 0.2) is 42.5 Å². The van der Waals surface area contributed by atoms with Crippen molar-refractivity contribution in [2.75, 3.05) is 0 Å². The average molecular weight is 273 g/mol. The summed E-state index contributed by atoms with van der Waals surface area (Å²) < 4.78 is 0. The van der Waals surface area contributed by atoms with Crippen LogP contribution in [0, 0.1) is 0 Å². The molecular weight excluding hydrogens is 258 g/mol. The number of hydrogen-bond donors (Lipinski definition) is 4. The Balaban J connectivity index is 2.00. The molecule has 0 heterocycles. The van der Waals surface area contributed by atoms with Crippen LogP contribution < -0.4 is 5.32 Å². The van der Waals surface area contributed by atoms with E-state index in [2.05, 4.69) is 5.32 Å². The maximum absolute atomic E-state index is 11.9. The Bertz CT molecular complexity index is 588. The van der Waals surface area contributed by atoms with Crippen molar-refractivity contribution in [1.29, 1.82) is 0 Å². The Kier molecular flexibility index (Phi) is 4.22. The van der Waals surface area contributed by atoms with Crippen molar-refractivity contribution in [3.05, 3.63) is 59.2 Å². The lowest BCUT2D eigenvalue weighted by Crippen LogP contribution is -2.22. The maximum atomic E-state index is 11.9. The Hall–Kier alpha value is -2.53. The molecule has 2 rings (SSSR count). The van der Waals surface area contributed by atoms with Crippen LogP contribution in [0.2, 0.25) is 0 Å². The maximum Gasteiger partial charge on any atom is 0.251 e. The first-order chi connectivity index (χ1) is 9.58. The molecule has 0 atom stereocenters. The molecule has 104 valence electrons. The quantitative estimate of drug-likeness (QED) is 0.680. The van der Waals surface area contributed by atoms with Crippen LogP contribution in [0.1, 0.15) is 21.5 Å².